The van der Waals surface area contributed by atoms with Crippen molar-refractivity contribution in [3.05, 3.63) is 17.8 Å². The highest BCUT2D eigenvalue weighted by Crippen LogP contribution is 2.27. The van der Waals surface area contributed by atoms with Crippen molar-refractivity contribution in [3.8, 4) is 0 Å². The van der Waals surface area contributed by atoms with Crippen LogP contribution in [0.25, 0.3) is 0 Å². The molecular formula is C11H16N4O. The molecule has 0 saturated heterocycles. The number of nitrogens with two attached hydrogens (primary N) is 1. The van der Waals surface area contributed by atoms with Crippen LogP contribution in [-0.2, 0) is 0 Å². The summed E-state index contributed by atoms with van der Waals surface area (Å²) >= 11 is 0. The third-order valence-electron chi connectivity index (χ3n) is 3.11. The molecule has 3 N–H and O–H groups in total. The van der Waals surface area contributed by atoms with Gasteiger partial charge in [-0.2, -0.15) is 0 Å². The van der Waals surface area contributed by atoms with E-state index in [2.05, 4.69) is 22.4 Å². The second kappa shape index (κ2) is 4.47. The fourth-order valence-corrected chi connectivity index (χ4v) is 2.09. The molecule has 2 unspecified atom stereocenters. The molecule has 86 valence electrons. The van der Waals surface area contributed by atoms with E-state index in [4.69, 9.17) is 5.73 Å². The first-order valence-electron chi connectivity index (χ1n) is 5.57. The van der Waals surface area contributed by atoms with Crippen molar-refractivity contribution in [2.24, 2.45) is 11.7 Å². The summed E-state index contributed by atoms with van der Waals surface area (Å²) in [5, 5.41) is 11.0. The summed E-state index contributed by atoms with van der Waals surface area (Å²) in [5.41, 5.74) is 5.29. The smallest absolute Gasteiger partial charge is 0.269 e. The summed E-state index contributed by atoms with van der Waals surface area (Å²) in [5.74, 6) is 0.828. The second-order valence-electron chi connectivity index (χ2n) is 4.33. The third kappa shape index (κ3) is 2.29. The van der Waals surface area contributed by atoms with Gasteiger partial charge in [-0.1, -0.05) is 13.3 Å². The molecule has 0 aliphatic heterocycles. The van der Waals surface area contributed by atoms with Gasteiger partial charge >= 0.3 is 0 Å². The van der Waals surface area contributed by atoms with Crippen molar-refractivity contribution in [3.63, 3.8) is 0 Å². The van der Waals surface area contributed by atoms with Crippen LogP contribution in [0.2, 0.25) is 0 Å². The average molecular weight is 220 g/mol. The molecule has 0 bridgehead atoms. The number of anilines is 1. The summed E-state index contributed by atoms with van der Waals surface area (Å²) in [6, 6.07) is 3.81. The number of amides is 1. The second-order valence-corrected chi connectivity index (χ2v) is 4.33. The highest BCUT2D eigenvalue weighted by Gasteiger charge is 2.23. The molecule has 1 saturated carbocycles. The lowest BCUT2D eigenvalue weighted by molar-refractivity contribution is 0.0994. The Bertz CT molecular complexity index is 376. The zero-order valence-electron chi connectivity index (χ0n) is 9.31. The first kappa shape index (κ1) is 10.9. The van der Waals surface area contributed by atoms with Gasteiger partial charge in [0.25, 0.3) is 5.91 Å². The van der Waals surface area contributed by atoms with Gasteiger partial charge in [0.05, 0.1) is 0 Å². The molecule has 1 heterocycles. The molecule has 1 aromatic rings. The van der Waals surface area contributed by atoms with Gasteiger partial charge in [0.1, 0.15) is 5.82 Å². The molecule has 0 radical (unpaired) electrons. The van der Waals surface area contributed by atoms with Gasteiger partial charge in [0.15, 0.2) is 5.69 Å². The molecule has 16 heavy (non-hydrogen) atoms. The minimum absolute atomic E-state index is 0.199. The van der Waals surface area contributed by atoms with Crippen molar-refractivity contribution in [2.45, 2.75) is 32.2 Å². The van der Waals surface area contributed by atoms with Gasteiger partial charge in [0.2, 0.25) is 0 Å². The van der Waals surface area contributed by atoms with Crippen LogP contribution in [0.4, 0.5) is 5.82 Å². The lowest BCUT2D eigenvalue weighted by atomic mass is 10.1. The van der Waals surface area contributed by atoms with E-state index in [0.29, 0.717) is 17.8 Å². The van der Waals surface area contributed by atoms with Crippen molar-refractivity contribution in [1.82, 2.24) is 10.2 Å². The van der Waals surface area contributed by atoms with Crippen LogP contribution in [0.1, 0.15) is 36.7 Å². The van der Waals surface area contributed by atoms with Gasteiger partial charge < -0.3 is 11.1 Å². The van der Waals surface area contributed by atoms with E-state index in [9.17, 15) is 4.79 Å². The van der Waals surface area contributed by atoms with Crippen LogP contribution in [0.15, 0.2) is 12.1 Å². The number of carbonyl (C=O) groups excluding carboxylic acids is 1. The Hall–Kier alpha value is -1.65. The molecule has 0 spiro atoms. The first-order valence-corrected chi connectivity index (χ1v) is 5.57. The predicted molar refractivity (Wildman–Crippen MR) is 61.0 cm³/mol. The first-order chi connectivity index (χ1) is 7.66. The summed E-state index contributed by atoms with van der Waals surface area (Å²) in [4.78, 5) is 10.8. The zero-order valence-corrected chi connectivity index (χ0v) is 9.31. The number of hydrogen-bond donors (Lipinski definition) is 2. The molecule has 5 heteroatoms. The fourth-order valence-electron chi connectivity index (χ4n) is 2.09. The molecule has 0 aromatic carbocycles. The van der Waals surface area contributed by atoms with Crippen molar-refractivity contribution in [1.29, 1.82) is 0 Å². The Kier molecular flexibility index (Phi) is 3.03. The number of rotatable bonds is 3. The maximum Gasteiger partial charge on any atom is 0.269 e. The maximum atomic E-state index is 10.8. The minimum atomic E-state index is -0.548. The number of hydrogen-bond acceptors (Lipinski definition) is 4. The molecule has 1 aromatic heterocycles. The summed E-state index contributed by atoms with van der Waals surface area (Å²) in [6.07, 6.45) is 3.68. The maximum absolute atomic E-state index is 10.8. The van der Waals surface area contributed by atoms with E-state index >= 15 is 0 Å². The highest BCUT2D eigenvalue weighted by molar-refractivity contribution is 5.90. The molecule has 2 rings (SSSR count). The van der Waals surface area contributed by atoms with Crippen LogP contribution in [0.5, 0.6) is 0 Å². The molecule has 1 aliphatic carbocycles. The number of aromatic nitrogens is 2. The minimum Gasteiger partial charge on any atom is -0.366 e. The Morgan fingerprint density at radius 1 is 1.44 bits per heavy atom. The van der Waals surface area contributed by atoms with Gasteiger partial charge in [-0.25, -0.2) is 0 Å². The fraction of sp³-hybridized carbons (Fsp3) is 0.545. The molecule has 1 fully saturated rings. The number of carbonyl (C=O) groups is 1. The largest absolute Gasteiger partial charge is 0.366 e. The SMILES string of the molecule is CC1CCCC1Nc1ccc(C(N)=O)nn1. The molecular weight excluding hydrogens is 204 g/mol. The lowest BCUT2D eigenvalue weighted by Crippen LogP contribution is -2.23. The summed E-state index contributed by atoms with van der Waals surface area (Å²) < 4.78 is 0. The summed E-state index contributed by atoms with van der Waals surface area (Å²) in [7, 11) is 0. The van der Waals surface area contributed by atoms with Crippen molar-refractivity contribution >= 4 is 11.7 Å². The highest BCUT2D eigenvalue weighted by atomic mass is 16.1. The van der Waals surface area contributed by atoms with E-state index in [1.807, 2.05) is 0 Å². The van der Waals surface area contributed by atoms with Crippen LogP contribution in [0, 0.1) is 5.92 Å². The molecule has 1 amide bonds. The average Bonchev–Trinajstić information content (AvgIpc) is 2.65. The predicted octanol–water partition coefficient (Wildman–Crippen LogP) is 1.18. The molecule has 2 atom stereocenters. The monoisotopic (exact) mass is 220 g/mol. The van der Waals surface area contributed by atoms with E-state index < -0.39 is 5.91 Å². The van der Waals surface area contributed by atoms with Crippen LogP contribution >= 0.6 is 0 Å². The third-order valence-corrected chi connectivity index (χ3v) is 3.11. The van der Waals surface area contributed by atoms with Crippen molar-refractivity contribution in [2.75, 3.05) is 5.32 Å². The Morgan fingerprint density at radius 2 is 2.25 bits per heavy atom. The van der Waals surface area contributed by atoms with Crippen LogP contribution in [-0.4, -0.2) is 22.1 Å². The standard InChI is InChI=1S/C11H16N4O/c1-7-3-2-4-8(7)13-10-6-5-9(11(12)16)14-15-10/h5-8H,2-4H2,1H3,(H2,12,16)(H,13,15). The van der Waals surface area contributed by atoms with E-state index in [0.717, 1.165) is 0 Å². The quantitative estimate of drug-likeness (QED) is 0.801. The molecule has 5 nitrogen and oxygen atoms in total. The summed E-state index contributed by atoms with van der Waals surface area (Å²) in [6.45, 7) is 2.23. The Labute approximate surface area is 94.4 Å². The Morgan fingerprint density at radius 3 is 2.75 bits per heavy atom. The van der Waals surface area contributed by atoms with Gasteiger partial charge in [-0.15, -0.1) is 10.2 Å². The van der Waals surface area contributed by atoms with E-state index in [1.54, 1.807) is 12.1 Å². The van der Waals surface area contributed by atoms with Gasteiger partial charge in [-0.3, -0.25) is 4.79 Å². The number of primary amides is 1. The molecule has 1 aliphatic rings. The number of nitrogens with one attached hydrogen (secondary N) is 1. The van der Waals surface area contributed by atoms with Crippen LogP contribution in [0.3, 0.4) is 0 Å². The lowest BCUT2D eigenvalue weighted by Gasteiger charge is -2.17. The normalized spacial score (nSPS) is 24.3. The topological polar surface area (TPSA) is 80.9 Å². The van der Waals surface area contributed by atoms with Crippen LogP contribution < -0.4 is 11.1 Å². The van der Waals surface area contributed by atoms with E-state index in [-0.39, 0.29) is 5.69 Å². The van der Waals surface area contributed by atoms with Gasteiger partial charge in [-0.05, 0) is 30.9 Å². The van der Waals surface area contributed by atoms with E-state index in [1.165, 1.54) is 19.3 Å². The van der Waals surface area contributed by atoms with Gasteiger partial charge in [0, 0.05) is 6.04 Å². The zero-order chi connectivity index (χ0) is 11.5. The Balaban J connectivity index is 2.02. The number of nitrogens with zero attached hydrogens (tertiary/aromatic N) is 2. The van der Waals surface area contributed by atoms with Crippen molar-refractivity contribution < 1.29 is 4.79 Å².